The van der Waals surface area contributed by atoms with Crippen molar-refractivity contribution >= 4 is 17.7 Å². The Morgan fingerprint density at radius 3 is 3.14 bits per heavy atom. The maximum absolute atomic E-state index is 4.40. The smallest absolute Gasteiger partial charge is 0.191 e. The van der Waals surface area contributed by atoms with Gasteiger partial charge in [-0.1, -0.05) is 6.42 Å². The molecule has 1 unspecified atom stereocenters. The fourth-order valence-electron chi connectivity index (χ4n) is 1.83. The topological polar surface area (TPSA) is 36.4 Å². The summed E-state index contributed by atoms with van der Waals surface area (Å²) in [5.41, 5.74) is 0. The van der Waals surface area contributed by atoms with E-state index in [1.165, 1.54) is 31.4 Å². The highest BCUT2D eigenvalue weighted by Gasteiger charge is 2.14. The van der Waals surface area contributed by atoms with Gasteiger partial charge in [0.15, 0.2) is 5.96 Å². The molecule has 0 radical (unpaired) electrons. The minimum Gasteiger partial charge on any atom is -0.356 e. The standard InChI is InChI=1S/C10H19N3S/c1-2-7-14-9(4-1)8-13-10-11-5-3-6-12-10/h9H,1-8H2,(H2,11,12,13). The number of rotatable bonds is 2. The predicted octanol–water partition coefficient (Wildman–Crippen LogP) is 1.21. The summed E-state index contributed by atoms with van der Waals surface area (Å²) in [7, 11) is 0. The van der Waals surface area contributed by atoms with Crippen molar-refractivity contribution in [3.63, 3.8) is 0 Å². The highest BCUT2D eigenvalue weighted by molar-refractivity contribution is 7.99. The Bertz CT molecular complexity index is 200. The lowest BCUT2D eigenvalue weighted by atomic mass is 10.2. The first kappa shape index (κ1) is 10.1. The van der Waals surface area contributed by atoms with Gasteiger partial charge in [-0.05, 0) is 25.0 Å². The van der Waals surface area contributed by atoms with Gasteiger partial charge in [-0.15, -0.1) is 0 Å². The zero-order valence-electron chi connectivity index (χ0n) is 8.59. The van der Waals surface area contributed by atoms with Crippen molar-refractivity contribution in [1.29, 1.82) is 0 Å². The third-order valence-electron chi connectivity index (χ3n) is 2.67. The second-order valence-corrected chi connectivity index (χ2v) is 5.29. The van der Waals surface area contributed by atoms with Gasteiger partial charge >= 0.3 is 0 Å². The summed E-state index contributed by atoms with van der Waals surface area (Å²) in [6, 6.07) is 0. The zero-order valence-corrected chi connectivity index (χ0v) is 9.41. The fraction of sp³-hybridized carbons (Fsp3) is 0.900. The molecule has 1 fully saturated rings. The number of nitrogens with zero attached hydrogens (tertiary/aromatic N) is 1. The number of hydrogen-bond acceptors (Lipinski definition) is 4. The lowest BCUT2D eigenvalue weighted by molar-refractivity contribution is 0.633. The first-order valence-electron chi connectivity index (χ1n) is 5.59. The molecule has 3 nitrogen and oxygen atoms in total. The molecule has 0 aromatic carbocycles. The molecule has 1 saturated heterocycles. The molecule has 0 aromatic rings. The second kappa shape index (κ2) is 5.49. The van der Waals surface area contributed by atoms with Crippen molar-refractivity contribution in [2.45, 2.75) is 30.9 Å². The van der Waals surface area contributed by atoms with E-state index in [-0.39, 0.29) is 0 Å². The Morgan fingerprint density at radius 1 is 1.43 bits per heavy atom. The van der Waals surface area contributed by atoms with E-state index in [2.05, 4.69) is 27.4 Å². The van der Waals surface area contributed by atoms with Crippen LogP contribution in [0.1, 0.15) is 25.7 Å². The lowest BCUT2D eigenvalue weighted by Gasteiger charge is -2.23. The van der Waals surface area contributed by atoms with Crippen molar-refractivity contribution in [2.24, 2.45) is 4.99 Å². The van der Waals surface area contributed by atoms with Crippen LogP contribution in [0.4, 0.5) is 0 Å². The van der Waals surface area contributed by atoms with Crippen molar-refractivity contribution < 1.29 is 0 Å². The summed E-state index contributed by atoms with van der Waals surface area (Å²) >= 11 is 2.11. The Kier molecular flexibility index (Phi) is 3.98. The third-order valence-corrected chi connectivity index (χ3v) is 4.07. The van der Waals surface area contributed by atoms with E-state index in [1.807, 2.05) is 0 Å². The summed E-state index contributed by atoms with van der Waals surface area (Å²) in [6.45, 7) is 3.13. The molecule has 2 N–H and O–H groups in total. The Morgan fingerprint density at radius 2 is 2.43 bits per heavy atom. The Labute approximate surface area is 90.1 Å². The molecule has 2 rings (SSSR count). The summed E-state index contributed by atoms with van der Waals surface area (Å²) in [5, 5.41) is 7.50. The molecule has 2 aliphatic rings. The van der Waals surface area contributed by atoms with Crippen LogP contribution in [0.3, 0.4) is 0 Å². The molecular weight excluding hydrogens is 194 g/mol. The molecule has 0 bridgehead atoms. The summed E-state index contributed by atoms with van der Waals surface area (Å²) in [6.07, 6.45) is 5.34. The quantitative estimate of drug-likeness (QED) is 0.724. The predicted molar refractivity (Wildman–Crippen MR) is 63.0 cm³/mol. The van der Waals surface area contributed by atoms with Crippen LogP contribution in [0.2, 0.25) is 0 Å². The maximum Gasteiger partial charge on any atom is 0.191 e. The van der Waals surface area contributed by atoms with Gasteiger partial charge in [0.25, 0.3) is 0 Å². The van der Waals surface area contributed by atoms with Crippen LogP contribution in [-0.4, -0.2) is 36.6 Å². The van der Waals surface area contributed by atoms with Crippen LogP contribution in [0.25, 0.3) is 0 Å². The molecule has 0 spiro atoms. The molecule has 4 heteroatoms. The highest BCUT2D eigenvalue weighted by atomic mass is 32.2. The van der Waals surface area contributed by atoms with E-state index in [0.29, 0.717) is 0 Å². The first-order chi connectivity index (χ1) is 6.95. The average molecular weight is 213 g/mol. The number of aliphatic imine (C=N–C) groups is 1. The van der Waals surface area contributed by atoms with Gasteiger partial charge in [0.1, 0.15) is 0 Å². The summed E-state index contributed by atoms with van der Waals surface area (Å²) in [5.74, 6) is 2.36. The van der Waals surface area contributed by atoms with Crippen LogP contribution in [-0.2, 0) is 0 Å². The van der Waals surface area contributed by atoms with Gasteiger partial charge in [0, 0.05) is 24.9 Å². The van der Waals surface area contributed by atoms with Gasteiger partial charge < -0.3 is 10.6 Å². The second-order valence-electron chi connectivity index (χ2n) is 3.88. The summed E-state index contributed by atoms with van der Waals surface area (Å²) < 4.78 is 0. The van der Waals surface area contributed by atoms with E-state index >= 15 is 0 Å². The van der Waals surface area contributed by atoms with E-state index < -0.39 is 0 Å². The Hall–Kier alpha value is -0.380. The van der Waals surface area contributed by atoms with Gasteiger partial charge in [-0.2, -0.15) is 11.8 Å². The van der Waals surface area contributed by atoms with Gasteiger partial charge in [0.2, 0.25) is 0 Å². The van der Waals surface area contributed by atoms with Crippen LogP contribution in [0, 0.1) is 0 Å². The monoisotopic (exact) mass is 213 g/mol. The van der Waals surface area contributed by atoms with Gasteiger partial charge in [0.05, 0.1) is 0 Å². The van der Waals surface area contributed by atoms with Crippen LogP contribution >= 0.6 is 11.8 Å². The van der Waals surface area contributed by atoms with Crippen molar-refractivity contribution in [3.05, 3.63) is 0 Å². The third kappa shape index (κ3) is 3.08. The molecule has 1 atom stereocenters. The maximum atomic E-state index is 4.40. The van der Waals surface area contributed by atoms with Crippen molar-refractivity contribution in [3.8, 4) is 0 Å². The molecule has 0 saturated carbocycles. The van der Waals surface area contributed by atoms with Crippen LogP contribution in [0.5, 0.6) is 0 Å². The normalized spacial score (nSPS) is 27.7. The molecule has 0 aromatic heterocycles. The average Bonchev–Trinajstić information content (AvgIpc) is 2.29. The van der Waals surface area contributed by atoms with Gasteiger partial charge in [-0.25, -0.2) is 0 Å². The molecule has 14 heavy (non-hydrogen) atoms. The van der Waals surface area contributed by atoms with E-state index in [9.17, 15) is 0 Å². The van der Waals surface area contributed by atoms with E-state index in [1.54, 1.807) is 0 Å². The largest absolute Gasteiger partial charge is 0.356 e. The van der Waals surface area contributed by atoms with Crippen LogP contribution < -0.4 is 10.6 Å². The minimum absolute atomic E-state index is 0.801. The van der Waals surface area contributed by atoms with Crippen molar-refractivity contribution in [1.82, 2.24) is 10.6 Å². The van der Waals surface area contributed by atoms with E-state index in [4.69, 9.17) is 0 Å². The zero-order chi connectivity index (χ0) is 9.64. The molecule has 0 aliphatic carbocycles. The Balaban J connectivity index is 1.67. The number of nitrogens with one attached hydrogen (secondary N) is 2. The number of hydrogen-bond donors (Lipinski definition) is 2. The molecule has 80 valence electrons. The van der Waals surface area contributed by atoms with Crippen molar-refractivity contribution in [2.75, 3.05) is 25.4 Å². The molecule has 2 aliphatic heterocycles. The van der Waals surface area contributed by atoms with Gasteiger partial charge in [-0.3, -0.25) is 4.99 Å². The minimum atomic E-state index is 0.801. The lowest BCUT2D eigenvalue weighted by Crippen LogP contribution is -2.43. The number of guanidine groups is 1. The molecule has 2 heterocycles. The summed E-state index contributed by atoms with van der Waals surface area (Å²) in [4.78, 5) is 4.40. The molecule has 0 amide bonds. The molecular formula is C10H19N3S. The first-order valence-corrected chi connectivity index (χ1v) is 6.64. The van der Waals surface area contributed by atoms with Crippen LogP contribution in [0.15, 0.2) is 4.99 Å². The number of thioether (sulfide) groups is 1. The highest BCUT2D eigenvalue weighted by Crippen LogP contribution is 2.24. The SMILES string of the molecule is C1CN=C(NCC2CCCCS2)NC1. The van der Waals surface area contributed by atoms with E-state index in [0.717, 1.165) is 30.8 Å². The fourth-order valence-corrected chi connectivity index (χ4v) is 3.07.